The van der Waals surface area contributed by atoms with Gasteiger partial charge in [-0.05, 0) is 38.3 Å². The molecule has 1 nitrogen and oxygen atoms in total. The van der Waals surface area contributed by atoms with Crippen molar-refractivity contribution < 1.29 is 5.82 Å². The molecule has 0 aromatic heterocycles. The van der Waals surface area contributed by atoms with Crippen LogP contribution in [0.25, 0.3) is 0 Å². The molecule has 0 N–H and O–H groups in total. The van der Waals surface area contributed by atoms with Crippen LogP contribution in [0.15, 0.2) is 11.9 Å². The summed E-state index contributed by atoms with van der Waals surface area (Å²) in [5, 5.41) is 0. The second kappa shape index (κ2) is 2.31. The van der Waals surface area contributed by atoms with Crippen molar-refractivity contribution in [1.29, 1.82) is 0 Å². The summed E-state index contributed by atoms with van der Waals surface area (Å²) < 4.78 is 12.2. The molecule has 64 valence electrons. The van der Waals surface area contributed by atoms with Crippen LogP contribution in [0.5, 0.6) is 0 Å². The molecule has 0 amide bonds. The molecule has 2 heterocycles. The lowest BCUT2D eigenvalue weighted by atomic mass is 9.96. The van der Waals surface area contributed by atoms with Crippen LogP contribution in [0.2, 0.25) is 0 Å². The van der Waals surface area contributed by atoms with Gasteiger partial charge in [-0.15, -0.1) is 0 Å². The second-order valence-electron chi connectivity index (χ2n) is 3.97. The summed E-state index contributed by atoms with van der Waals surface area (Å²) in [7, 11) is 0. The molecule has 0 saturated carbocycles. The van der Waals surface area contributed by atoms with Crippen LogP contribution in [0.3, 0.4) is 0 Å². The first kappa shape index (κ1) is 7.29. The van der Waals surface area contributed by atoms with Crippen LogP contribution in [-0.2, 0) is 0 Å². The van der Waals surface area contributed by atoms with Gasteiger partial charge in [-0.2, -0.15) is 0 Å². The minimum atomic E-state index is 0. The predicted molar refractivity (Wildman–Crippen MR) is 45.1 cm³/mol. The highest BCUT2D eigenvalue weighted by Gasteiger charge is 2.42. The van der Waals surface area contributed by atoms with Gasteiger partial charge in [0.25, 0.3) is 0 Å². The Hall–Kier alpha value is -0.370. The van der Waals surface area contributed by atoms with Gasteiger partial charge < -0.3 is 0 Å². The number of hydrogen-bond acceptors (Lipinski definition) is 1. The fraction of sp³-hybridized carbons (Fsp3) is 0.778. The van der Waals surface area contributed by atoms with E-state index in [1.807, 2.05) is 0 Å². The largest absolute Gasteiger partial charge is 0.294 e. The lowest BCUT2D eigenvalue weighted by Crippen LogP contribution is -2.34. The second-order valence-corrected chi connectivity index (χ2v) is 3.97. The molecular formula is C9H16FN. The van der Waals surface area contributed by atoms with Crippen molar-refractivity contribution >= 4 is 0 Å². The number of fused-ring (bicyclic) bond motifs is 1. The Labute approximate surface area is 68.4 Å². The Morgan fingerprint density at radius 2 is 2.55 bits per heavy atom. The third kappa shape index (κ3) is 1.00. The van der Waals surface area contributed by atoms with Gasteiger partial charge in [0, 0.05) is 13.5 Å². The molecule has 0 unspecified atom stereocenters. The van der Waals surface area contributed by atoms with Crippen molar-refractivity contribution in [2.24, 2.45) is 0 Å². The highest BCUT2D eigenvalue weighted by atomic mass is 19.1. The highest BCUT2D eigenvalue weighted by Crippen LogP contribution is 2.40. The van der Waals surface area contributed by atoms with E-state index in [0.29, 0.717) is 5.54 Å². The highest BCUT2D eigenvalue weighted by molar-refractivity contribution is 5.17. The molecule has 2 fully saturated rings. The molecule has 0 radical (unpaired) electrons. The third-order valence-corrected chi connectivity index (χ3v) is 3.06. The predicted octanol–water partition coefficient (Wildman–Crippen LogP) is 2.34. The molecule has 0 spiro atoms. The van der Waals surface area contributed by atoms with E-state index < -0.39 is 0 Å². The van der Waals surface area contributed by atoms with Crippen LogP contribution >= 0.6 is 0 Å². The Kier molecular flexibility index (Phi) is 1.53. The van der Waals surface area contributed by atoms with E-state index in [-0.39, 0.29) is 1.43 Å². The van der Waals surface area contributed by atoms with E-state index in [1.54, 1.807) is 0 Å². The molecule has 0 aromatic rings. The molecule has 0 aliphatic carbocycles. The zero-order chi connectivity index (χ0) is 7.90. The average Bonchev–Trinajstić information content (AvgIpc) is 2.42. The molecule has 1 atom stereocenters. The Bertz CT molecular complexity index is 205. The third-order valence-electron chi connectivity index (χ3n) is 3.06. The fourth-order valence-corrected chi connectivity index (χ4v) is 2.41. The molecule has 2 aliphatic rings. The van der Waals surface area contributed by atoms with Gasteiger partial charge in [0.2, 0.25) is 0 Å². The Morgan fingerprint density at radius 3 is 3.18 bits per heavy atom. The van der Waals surface area contributed by atoms with Gasteiger partial charge in [0.05, 0.1) is 6.33 Å². The maximum atomic E-state index is 12.2. The molecule has 2 aliphatic heterocycles. The van der Waals surface area contributed by atoms with Crippen LogP contribution in [0, 0.1) is 0 Å². The number of halogens is 1. The average molecular weight is 157 g/mol. The summed E-state index contributed by atoms with van der Waals surface area (Å²) >= 11 is 0. The monoisotopic (exact) mass is 157 g/mol. The minimum Gasteiger partial charge on any atom is -0.294 e. The topological polar surface area (TPSA) is 3.24 Å². The van der Waals surface area contributed by atoms with Crippen molar-refractivity contribution in [3.63, 3.8) is 0 Å². The number of hydrogen-bond donors (Lipinski definition) is 0. The zero-order valence-corrected chi connectivity index (χ0v) is 6.94. The lowest BCUT2D eigenvalue weighted by Gasteiger charge is -2.25. The number of rotatable bonds is 0. The smallest absolute Gasteiger partial charge is 0.0872 e. The van der Waals surface area contributed by atoms with Crippen molar-refractivity contribution in [2.75, 3.05) is 13.1 Å². The van der Waals surface area contributed by atoms with Crippen LogP contribution in [0.4, 0.5) is 4.39 Å². The van der Waals surface area contributed by atoms with E-state index in [1.165, 1.54) is 12.8 Å². The molecule has 0 aromatic carbocycles. The first-order valence-corrected chi connectivity index (χ1v) is 4.28. The molecule has 11 heavy (non-hydrogen) atoms. The van der Waals surface area contributed by atoms with Crippen molar-refractivity contribution in [3.8, 4) is 0 Å². The molecule has 2 heteroatoms. The van der Waals surface area contributed by atoms with Gasteiger partial charge in [-0.25, -0.2) is 4.39 Å². The first-order valence-electron chi connectivity index (χ1n) is 4.28. The van der Waals surface area contributed by atoms with Crippen molar-refractivity contribution in [1.82, 2.24) is 4.90 Å². The molecule has 0 bridgehead atoms. The molecular weight excluding hydrogens is 141 g/mol. The van der Waals surface area contributed by atoms with E-state index >= 15 is 0 Å². The Morgan fingerprint density at radius 1 is 1.73 bits per heavy atom. The van der Waals surface area contributed by atoms with Crippen LogP contribution in [0.1, 0.15) is 27.6 Å². The summed E-state index contributed by atoms with van der Waals surface area (Å²) in [5.41, 5.74) is 1.28. The minimum absolute atomic E-state index is 0. The van der Waals surface area contributed by atoms with E-state index in [0.717, 1.165) is 31.4 Å². The summed E-state index contributed by atoms with van der Waals surface area (Å²) in [5.74, 6) is 0. The van der Waals surface area contributed by atoms with E-state index in [2.05, 4.69) is 11.8 Å². The van der Waals surface area contributed by atoms with Gasteiger partial charge >= 0.3 is 0 Å². The standard InChI is InChI=1S/C9H14FN.H2/c1-9-3-2-4-11(9)7-8(5-9)6-10;/h6H,2-5,7H2,1H3;1H/b8-6-;/t9-;/m0./s1. The molecule has 2 rings (SSSR count). The van der Waals surface area contributed by atoms with E-state index in [4.69, 9.17) is 0 Å². The summed E-state index contributed by atoms with van der Waals surface area (Å²) in [6.45, 7) is 4.28. The summed E-state index contributed by atoms with van der Waals surface area (Å²) in [4.78, 5) is 2.40. The summed E-state index contributed by atoms with van der Waals surface area (Å²) in [6, 6.07) is 0. The summed E-state index contributed by atoms with van der Waals surface area (Å²) in [6.07, 6.45) is 4.27. The van der Waals surface area contributed by atoms with Gasteiger partial charge in [-0.3, -0.25) is 4.90 Å². The Balaban J connectivity index is 0.000000720. The van der Waals surface area contributed by atoms with E-state index in [9.17, 15) is 4.39 Å². The lowest BCUT2D eigenvalue weighted by molar-refractivity contribution is 0.218. The van der Waals surface area contributed by atoms with Gasteiger partial charge in [0.1, 0.15) is 0 Å². The molecule has 2 saturated heterocycles. The fourth-order valence-electron chi connectivity index (χ4n) is 2.41. The SMILES string of the molecule is C[C@@]12CCCN1C/C(=C\F)C2.[HH]. The number of nitrogens with zero attached hydrogens (tertiary/aromatic N) is 1. The van der Waals surface area contributed by atoms with Gasteiger partial charge in [0.15, 0.2) is 0 Å². The van der Waals surface area contributed by atoms with Crippen molar-refractivity contribution in [2.45, 2.75) is 31.7 Å². The van der Waals surface area contributed by atoms with Crippen molar-refractivity contribution in [3.05, 3.63) is 11.9 Å². The maximum Gasteiger partial charge on any atom is 0.0872 e. The normalized spacial score (nSPS) is 41.8. The maximum absolute atomic E-state index is 12.2. The first-order chi connectivity index (χ1) is 5.24. The van der Waals surface area contributed by atoms with Crippen LogP contribution in [-0.4, -0.2) is 23.5 Å². The quantitative estimate of drug-likeness (QED) is 0.521. The van der Waals surface area contributed by atoms with Crippen LogP contribution < -0.4 is 0 Å². The zero-order valence-electron chi connectivity index (χ0n) is 6.94. The van der Waals surface area contributed by atoms with Gasteiger partial charge in [-0.1, -0.05) is 0 Å².